The van der Waals surface area contributed by atoms with E-state index < -0.39 is 5.60 Å². The van der Waals surface area contributed by atoms with Crippen LogP contribution in [-0.4, -0.2) is 0 Å². The monoisotopic (exact) mass is 286 g/mol. The molecule has 0 spiro atoms. The number of hydrogen-bond acceptors (Lipinski definition) is 1. The maximum Gasteiger partial charge on any atom is 0.144 e. The van der Waals surface area contributed by atoms with Gasteiger partial charge in [-0.3, -0.25) is 0 Å². The van der Waals surface area contributed by atoms with E-state index in [1.807, 2.05) is 12.1 Å². The van der Waals surface area contributed by atoms with Crippen molar-refractivity contribution in [3.63, 3.8) is 0 Å². The Morgan fingerprint density at radius 1 is 0.682 bits per heavy atom. The van der Waals surface area contributed by atoms with Crippen LogP contribution in [0.15, 0.2) is 84.9 Å². The summed E-state index contributed by atoms with van der Waals surface area (Å²) in [5, 5.41) is 0. The second-order valence-electron chi connectivity index (χ2n) is 5.76. The molecule has 1 atom stereocenters. The molecule has 0 radical (unpaired) electrons. The summed E-state index contributed by atoms with van der Waals surface area (Å²) in [5.74, 6) is 0. The van der Waals surface area contributed by atoms with Gasteiger partial charge in [0, 0.05) is 0 Å². The normalized spacial score (nSPS) is 18.9. The van der Waals surface area contributed by atoms with E-state index in [1.165, 1.54) is 22.3 Å². The molecule has 4 rings (SSSR count). The largest absolute Gasteiger partial charge is 0.353 e. The molecule has 1 aliphatic heterocycles. The second kappa shape index (κ2) is 5.11. The zero-order valence-corrected chi connectivity index (χ0v) is 12.6. The summed E-state index contributed by atoms with van der Waals surface area (Å²) in [7, 11) is 0. The highest BCUT2D eigenvalue weighted by atomic mass is 16.5. The first-order valence-electron chi connectivity index (χ1n) is 7.70. The van der Waals surface area contributed by atoms with Crippen molar-refractivity contribution in [1.29, 1.82) is 0 Å². The van der Waals surface area contributed by atoms with Gasteiger partial charge in [0.05, 0.1) is 6.10 Å². The maximum atomic E-state index is 6.59. The fraction of sp³-hybridized carbons (Fsp3) is 0.143. The summed E-state index contributed by atoms with van der Waals surface area (Å²) in [4.78, 5) is 0. The minimum absolute atomic E-state index is 0.0802. The average Bonchev–Trinajstić information content (AvgIpc) is 2.91. The zero-order chi connectivity index (χ0) is 15.0. The number of fused-ring (bicyclic) bond motifs is 1. The summed E-state index contributed by atoms with van der Waals surface area (Å²) in [5.41, 5.74) is 4.37. The van der Waals surface area contributed by atoms with Gasteiger partial charge in [0.1, 0.15) is 5.60 Å². The van der Waals surface area contributed by atoms with E-state index in [4.69, 9.17) is 4.74 Å². The second-order valence-corrected chi connectivity index (χ2v) is 5.76. The molecule has 0 aliphatic carbocycles. The fourth-order valence-corrected chi connectivity index (χ4v) is 3.52. The van der Waals surface area contributed by atoms with Gasteiger partial charge in [0.25, 0.3) is 0 Å². The lowest BCUT2D eigenvalue weighted by Gasteiger charge is -2.31. The minimum atomic E-state index is -0.515. The molecule has 0 bridgehead atoms. The molecule has 0 N–H and O–H groups in total. The Bertz CT molecular complexity index is 738. The summed E-state index contributed by atoms with van der Waals surface area (Å²) in [6.07, 6.45) is 0.0802. The van der Waals surface area contributed by atoms with E-state index >= 15 is 0 Å². The Balaban J connectivity index is 2.04. The van der Waals surface area contributed by atoms with Gasteiger partial charge in [0.15, 0.2) is 0 Å². The van der Waals surface area contributed by atoms with Gasteiger partial charge >= 0.3 is 0 Å². The van der Waals surface area contributed by atoms with Crippen molar-refractivity contribution in [3.05, 3.63) is 107 Å². The van der Waals surface area contributed by atoms with Crippen LogP contribution >= 0.6 is 0 Å². The lowest BCUT2D eigenvalue weighted by Crippen LogP contribution is -2.28. The Kier molecular flexibility index (Phi) is 3.09. The van der Waals surface area contributed by atoms with Gasteiger partial charge in [-0.15, -0.1) is 0 Å². The molecule has 1 heterocycles. The molecule has 0 unspecified atom stereocenters. The van der Waals surface area contributed by atoms with Crippen LogP contribution in [-0.2, 0) is 10.3 Å². The van der Waals surface area contributed by atoms with Crippen molar-refractivity contribution < 1.29 is 4.74 Å². The van der Waals surface area contributed by atoms with E-state index in [2.05, 4.69) is 79.7 Å². The van der Waals surface area contributed by atoms with Crippen LogP contribution in [0.5, 0.6) is 0 Å². The molecule has 0 amide bonds. The SMILES string of the molecule is C[C@H]1OC(c2ccccc2)(c2ccccc2)c2ccccc21. The van der Waals surface area contributed by atoms with Gasteiger partial charge in [-0.1, -0.05) is 84.9 Å². The van der Waals surface area contributed by atoms with Crippen LogP contribution < -0.4 is 0 Å². The Morgan fingerprint density at radius 2 is 1.18 bits per heavy atom. The standard InChI is InChI=1S/C21H18O/c1-16-19-14-8-9-15-20(19)21(22-16,17-10-4-2-5-11-17)18-12-6-3-7-13-18/h2-16H,1H3/t16-/m1/s1. The molecular weight excluding hydrogens is 268 g/mol. The molecule has 3 aromatic carbocycles. The van der Waals surface area contributed by atoms with Crippen LogP contribution in [0, 0.1) is 0 Å². The van der Waals surface area contributed by atoms with Crippen molar-refractivity contribution in [2.75, 3.05) is 0 Å². The maximum absolute atomic E-state index is 6.59. The Hall–Kier alpha value is -2.38. The molecule has 0 saturated carbocycles. The summed E-state index contributed by atoms with van der Waals surface area (Å²) in [6, 6.07) is 29.6. The fourth-order valence-electron chi connectivity index (χ4n) is 3.52. The number of hydrogen-bond donors (Lipinski definition) is 0. The van der Waals surface area contributed by atoms with Crippen molar-refractivity contribution >= 4 is 0 Å². The smallest absolute Gasteiger partial charge is 0.144 e. The van der Waals surface area contributed by atoms with Gasteiger partial charge in [-0.25, -0.2) is 0 Å². The van der Waals surface area contributed by atoms with E-state index in [0.717, 1.165) is 0 Å². The van der Waals surface area contributed by atoms with Crippen molar-refractivity contribution in [1.82, 2.24) is 0 Å². The highest BCUT2D eigenvalue weighted by molar-refractivity contribution is 5.53. The van der Waals surface area contributed by atoms with Crippen molar-refractivity contribution in [3.8, 4) is 0 Å². The van der Waals surface area contributed by atoms with Crippen LogP contribution in [0.25, 0.3) is 0 Å². The number of ether oxygens (including phenoxy) is 1. The van der Waals surface area contributed by atoms with E-state index in [1.54, 1.807) is 0 Å². The molecular formula is C21H18O. The van der Waals surface area contributed by atoms with Gasteiger partial charge < -0.3 is 4.74 Å². The summed E-state index contributed by atoms with van der Waals surface area (Å²) in [6.45, 7) is 2.13. The first-order chi connectivity index (χ1) is 10.8. The summed E-state index contributed by atoms with van der Waals surface area (Å²) >= 11 is 0. The Morgan fingerprint density at radius 3 is 1.77 bits per heavy atom. The molecule has 0 aromatic heterocycles. The zero-order valence-electron chi connectivity index (χ0n) is 12.6. The van der Waals surface area contributed by atoms with Gasteiger partial charge in [-0.2, -0.15) is 0 Å². The van der Waals surface area contributed by atoms with Crippen LogP contribution in [0.1, 0.15) is 35.3 Å². The van der Waals surface area contributed by atoms with E-state index in [9.17, 15) is 0 Å². The highest BCUT2D eigenvalue weighted by Gasteiger charge is 2.45. The lowest BCUT2D eigenvalue weighted by molar-refractivity contribution is -0.0130. The quantitative estimate of drug-likeness (QED) is 0.639. The number of benzene rings is 3. The number of rotatable bonds is 2. The lowest BCUT2D eigenvalue weighted by atomic mass is 9.80. The first-order valence-corrected chi connectivity index (χ1v) is 7.70. The van der Waals surface area contributed by atoms with Crippen molar-refractivity contribution in [2.45, 2.75) is 18.6 Å². The predicted octanol–water partition coefficient (Wildman–Crippen LogP) is 5.07. The third kappa shape index (κ3) is 1.83. The third-order valence-corrected chi connectivity index (χ3v) is 4.49. The molecule has 1 heteroatoms. The van der Waals surface area contributed by atoms with Crippen LogP contribution in [0.4, 0.5) is 0 Å². The molecule has 1 nitrogen and oxygen atoms in total. The third-order valence-electron chi connectivity index (χ3n) is 4.49. The topological polar surface area (TPSA) is 9.23 Å². The molecule has 1 aliphatic rings. The Labute approximate surface area is 131 Å². The van der Waals surface area contributed by atoms with E-state index in [-0.39, 0.29) is 6.10 Å². The van der Waals surface area contributed by atoms with Gasteiger partial charge in [0.2, 0.25) is 0 Å². The van der Waals surface area contributed by atoms with Gasteiger partial charge in [-0.05, 0) is 29.2 Å². The first kappa shape index (κ1) is 13.3. The van der Waals surface area contributed by atoms with Crippen LogP contribution in [0.3, 0.4) is 0 Å². The molecule has 0 fully saturated rings. The highest BCUT2D eigenvalue weighted by Crippen LogP contribution is 2.51. The summed E-state index contributed by atoms with van der Waals surface area (Å²) < 4.78 is 6.59. The molecule has 22 heavy (non-hydrogen) atoms. The van der Waals surface area contributed by atoms with Crippen molar-refractivity contribution in [2.24, 2.45) is 0 Å². The molecule has 0 saturated heterocycles. The van der Waals surface area contributed by atoms with E-state index in [0.29, 0.717) is 0 Å². The molecule has 108 valence electrons. The molecule has 3 aromatic rings. The average molecular weight is 286 g/mol. The van der Waals surface area contributed by atoms with Crippen LogP contribution in [0.2, 0.25) is 0 Å². The predicted molar refractivity (Wildman–Crippen MR) is 88.7 cm³/mol. The minimum Gasteiger partial charge on any atom is -0.353 e.